The van der Waals surface area contributed by atoms with Gasteiger partial charge in [0.05, 0.1) is 5.56 Å². The van der Waals surface area contributed by atoms with Crippen molar-refractivity contribution in [3.63, 3.8) is 0 Å². The summed E-state index contributed by atoms with van der Waals surface area (Å²) >= 11 is 0. The second-order valence-corrected chi connectivity index (χ2v) is 6.02. The van der Waals surface area contributed by atoms with E-state index in [0.717, 1.165) is 5.56 Å². The standard InChI is InChI=1S/C19H15F2NO4/c1-11-15(20)9-13(10-16(11)21)8-12-2-4-14(5-3-12)19(25)26-22-17(23)6-7-18(22)24/h2-5,9-10H,6-8H2,1H3. The summed E-state index contributed by atoms with van der Waals surface area (Å²) in [6, 6.07) is 8.68. The van der Waals surface area contributed by atoms with Gasteiger partial charge in [-0.3, -0.25) is 9.59 Å². The fourth-order valence-electron chi connectivity index (χ4n) is 2.59. The molecule has 0 spiro atoms. The summed E-state index contributed by atoms with van der Waals surface area (Å²) in [5.41, 5.74) is 1.33. The van der Waals surface area contributed by atoms with Gasteiger partial charge in [0.25, 0.3) is 11.8 Å². The molecule has 0 aromatic heterocycles. The second kappa shape index (κ2) is 7.03. The van der Waals surface area contributed by atoms with Crippen LogP contribution in [0.25, 0.3) is 0 Å². The molecule has 2 amide bonds. The topological polar surface area (TPSA) is 63.7 Å². The van der Waals surface area contributed by atoms with E-state index in [1.54, 1.807) is 12.1 Å². The lowest BCUT2D eigenvalue weighted by Crippen LogP contribution is -2.32. The highest BCUT2D eigenvalue weighted by Gasteiger charge is 2.33. The quantitative estimate of drug-likeness (QED) is 0.787. The Kier molecular flexibility index (Phi) is 4.79. The van der Waals surface area contributed by atoms with Gasteiger partial charge in [0, 0.05) is 18.4 Å². The summed E-state index contributed by atoms with van der Waals surface area (Å²) < 4.78 is 27.2. The van der Waals surface area contributed by atoms with Crippen LogP contribution in [0.5, 0.6) is 0 Å². The van der Waals surface area contributed by atoms with E-state index < -0.39 is 29.4 Å². The number of imide groups is 1. The number of halogens is 2. The van der Waals surface area contributed by atoms with E-state index in [9.17, 15) is 23.2 Å². The predicted molar refractivity (Wildman–Crippen MR) is 86.8 cm³/mol. The van der Waals surface area contributed by atoms with Crippen molar-refractivity contribution in [2.75, 3.05) is 0 Å². The molecule has 0 unspecified atom stereocenters. The molecular weight excluding hydrogens is 344 g/mol. The normalized spacial score (nSPS) is 14.0. The molecule has 3 rings (SSSR count). The average Bonchev–Trinajstić information content (AvgIpc) is 2.92. The largest absolute Gasteiger partial charge is 0.363 e. The van der Waals surface area contributed by atoms with E-state index in [2.05, 4.69) is 0 Å². The lowest BCUT2D eigenvalue weighted by atomic mass is 10.0. The Bertz CT molecular complexity index is 854. The number of carbonyl (C=O) groups excluding carboxylic acids is 3. The van der Waals surface area contributed by atoms with Crippen LogP contribution in [0.2, 0.25) is 0 Å². The number of hydrogen-bond acceptors (Lipinski definition) is 4. The molecule has 1 saturated heterocycles. The van der Waals surface area contributed by atoms with Crippen molar-refractivity contribution in [3.05, 3.63) is 70.3 Å². The van der Waals surface area contributed by atoms with E-state index in [-0.39, 0.29) is 30.4 Å². The van der Waals surface area contributed by atoms with Gasteiger partial charge in [-0.2, -0.15) is 0 Å². The highest BCUT2D eigenvalue weighted by molar-refractivity contribution is 6.02. The van der Waals surface area contributed by atoms with Crippen LogP contribution in [0.4, 0.5) is 8.78 Å². The maximum absolute atomic E-state index is 13.6. The van der Waals surface area contributed by atoms with Gasteiger partial charge in [-0.15, -0.1) is 5.06 Å². The molecule has 0 bridgehead atoms. The highest BCUT2D eigenvalue weighted by atomic mass is 19.1. The number of carbonyl (C=O) groups is 3. The molecule has 0 atom stereocenters. The lowest BCUT2D eigenvalue weighted by Gasteiger charge is -2.12. The van der Waals surface area contributed by atoms with E-state index >= 15 is 0 Å². The molecular formula is C19H15F2NO4. The molecule has 1 heterocycles. The first-order chi connectivity index (χ1) is 12.3. The molecule has 0 aliphatic carbocycles. The van der Waals surface area contributed by atoms with Crippen LogP contribution in [0.3, 0.4) is 0 Å². The third-order valence-electron chi connectivity index (χ3n) is 4.12. The monoisotopic (exact) mass is 359 g/mol. The van der Waals surface area contributed by atoms with Gasteiger partial charge >= 0.3 is 5.97 Å². The smallest absolute Gasteiger partial charge is 0.325 e. The molecule has 134 valence electrons. The maximum atomic E-state index is 13.6. The lowest BCUT2D eigenvalue weighted by molar-refractivity contribution is -0.172. The van der Waals surface area contributed by atoms with Gasteiger partial charge < -0.3 is 4.84 Å². The Morgan fingerprint density at radius 3 is 2.08 bits per heavy atom. The van der Waals surface area contributed by atoms with Crippen LogP contribution in [-0.4, -0.2) is 22.8 Å². The Hall–Kier alpha value is -3.09. The van der Waals surface area contributed by atoms with Crippen LogP contribution in [0.1, 0.15) is 39.9 Å². The number of hydroxylamine groups is 2. The summed E-state index contributed by atoms with van der Waals surface area (Å²) in [5, 5.41) is 0.480. The van der Waals surface area contributed by atoms with E-state index in [4.69, 9.17) is 4.84 Å². The fourth-order valence-corrected chi connectivity index (χ4v) is 2.59. The van der Waals surface area contributed by atoms with Crippen LogP contribution in [-0.2, 0) is 20.8 Å². The molecule has 0 radical (unpaired) electrons. The van der Waals surface area contributed by atoms with Crippen molar-refractivity contribution in [3.8, 4) is 0 Å². The maximum Gasteiger partial charge on any atom is 0.363 e. The molecule has 0 saturated carbocycles. The first kappa shape index (κ1) is 17.7. The van der Waals surface area contributed by atoms with Crippen molar-refractivity contribution < 1.29 is 28.0 Å². The van der Waals surface area contributed by atoms with Crippen LogP contribution in [0.15, 0.2) is 36.4 Å². The second-order valence-electron chi connectivity index (χ2n) is 6.02. The minimum absolute atomic E-state index is 0.0225. The van der Waals surface area contributed by atoms with Crippen molar-refractivity contribution in [2.45, 2.75) is 26.2 Å². The zero-order valence-corrected chi connectivity index (χ0v) is 13.9. The Labute approximate surface area is 148 Å². The van der Waals surface area contributed by atoms with Crippen LogP contribution in [0, 0.1) is 18.6 Å². The summed E-state index contributed by atoms with van der Waals surface area (Å²) in [7, 11) is 0. The first-order valence-electron chi connectivity index (χ1n) is 7.96. The van der Waals surface area contributed by atoms with Gasteiger partial charge in [-0.05, 0) is 48.7 Å². The van der Waals surface area contributed by atoms with Crippen LogP contribution >= 0.6 is 0 Å². The molecule has 1 fully saturated rings. The zero-order valence-electron chi connectivity index (χ0n) is 13.9. The Morgan fingerprint density at radius 2 is 1.54 bits per heavy atom. The van der Waals surface area contributed by atoms with E-state index in [0.29, 0.717) is 10.6 Å². The molecule has 7 heteroatoms. The molecule has 2 aromatic rings. The van der Waals surface area contributed by atoms with Gasteiger partial charge in [0.2, 0.25) is 0 Å². The summed E-state index contributed by atoms with van der Waals surface area (Å²) in [5.74, 6) is -3.15. The Morgan fingerprint density at radius 1 is 1.00 bits per heavy atom. The van der Waals surface area contributed by atoms with E-state index in [1.165, 1.54) is 31.2 Å². The van der Waals surface area contributed by atoms with E-state index in [1.807, 2.05) is 0 Å². The average molecular weight is 359 g/mol. The van der Waals surface area contributed by atoms with Crippen molar-refractivity contribution >= 4 is 17.8 Å². The van der Waals surface area contributed by atoms with Crippen molar-refractivity contribution in [1.29, 1.82) is 0 Å². The van der Waals surface area contributed by atoms with Gasteiger partial charge in [0.15, 0.2) is 0 Å². The predicted octanol–water partition coefficient (Wildman–Crippen LogP) is 3.08. The van der Waals surface area contributed by atoms with Crippen molar-refractivity contribution in [1.82, 2.24) is 5.06 Å². The molecule has 26 heavy (non-hydrogen) atoms. The first-order valence-corrected chi connectivity index (χ1v) is 7.96. The molecule has 1 aliphatic rings. The zero-order chi connectivity index (χ0) is 18.8. The molecule has 0 N–H and O–H groups in total. The van der Waals surface area contributed by atoms with Crippen molar-refractivity contribution in [2.24, 2.45) is 0 Å². The molecule has 1 aliphatic heterocycles. The number of nitrogens with zero attached hydrogens (tertiary/aromatic N) is 1. The SMILES string of the molecule is Cc1c(F)cc(Cc2ccc(C(=O)ON3C(=O)CCC3=O)cc2)cc1F. The van der Waals surface area contributed by atoms with Gasteiger partial charge in [-0.25, -0.2) is 13.6 Å². The summed E-state index contributed by atoms with van der Waals surface area (Å²) in [6.07, 6.45) is 0.329. The van der Waals surface area contributed by atoms with Gasteiger partial charge in [-0.1, -0.05) is 12.1 Å². The number of benzene rings is 2. The minimum Gasteiger partial charge on any atom is -0.325 e. The Balaban J connectivity index is 1.69. The minimum atomic E-state index is -0.826. The fraction of sp³-hybridized carbons (Fsp3) is 0.211. The van der Waals surface area contributed by atoms with Crippen LogP contribution < -0.4 is 0 Å². The number of rotatable bonds is 4. The summed E-state index contributed by atoms with van der Waals surface area (Å²) in [6.45, 7) is 1.37. The highest BCUT2D eigenvalue weighted by Crippen LogP contribution is 2.18. The molecule has 5 nitrogen and oxygen atoms in total. The molecule has 2 aromatic carbocycles. The number of amides is 2. The third kappa shape index (κ3) is 3.61. The number of hydrogen-bond donors (Lipinski definition) is 0. The third-order valence-corrected chi connectivity index (χ3v) is 4.12. The van der Waals surface area contributed by atoms with Gasteiger partial charge in [0.1, 0.15) is 11.6 Å². The summed E-state index contributed by atoms with van der Waals surface area (Å²) in [4.78, 5) is 39.8.